The molecule has 1 unspecified atom stereocenters. The molecule has 1 heterocycles. The van der Waals surface area contributed by atoms with Crippen molar-refractivity contribution in [3.05, 3.63) is 16.7 Å². The molecule has 1 aromatic rings. The summed E-state index contributed by atoms with van der Waals surface area (Å²) in [5, 5.41) is 8.68. The van der Waals surface area contributed by atoms with Gasteiger partial charge < -0.3 is 14.8 Å². The molecule has 94 valence electrons. The average Bonchev–Trinajstić information content (AvgIpc) is 2.25. The topological polar surface area (TPSA) is 92.3 Å². The van der Waals surface area contributed by atoms with E-state index in [1.807, 2.05) is 0 Å². The number of carboxylic acid groups (broad SMARTS) is 1. The van der Waals surface area contributed by atoms with Crippen LogP contribution in [0.5, 0.6) is 5.75 Å². The number of hydrogen-bond acceptors (Lipinski definition) is 5. The summed E-state index contributed by atoms with van der Waals surface area (Å²) in [6.07, 6.45) is 1.23. The standard InChI is InChI=1S/C10H14N2O4S/c1-5(2)7(10(14)15)17-9-6(16-3)8(13)11-4-12-9/h4-5,7H,1-3H3,(H,14,15)(H,11,12,13). The van der Waals surface area contributed by atoms with E-state index in [9.17, 15) is 9.59 Å². The number of nitrogens with one attached hydrogen (secondary N) is 1. The van der Waals surface area contributed by atoms with E-state index in [-0.39, 0.29) is 16.7 Å². The Kier molecular flexibility index (Phi) is 4.56. The van der Waals surface area contributed by atoms with Crippen molar-refractivity contribution in [2.75, 3.05) is 7.11 Å². The Morgan fingerprint density at radius 3 is 2.71 bits per heavy atom. The normalized spacial score (nSPS) is 12.5. The van der Waals surface area contributed by atoms with Gasteiger partial charge in [0.25, 0.3) is 5.56 Å². The fraction of sp³-hybridized carbons (Fsp3) is 0.500. The van der Waals surface area contributed by atoms with Crippen LogP contribution in [0, 0.1) is 5.92 Å². The van der Waals surface area contributed by atoms with E-state index in [1.165, 1.54) is 13.4 Å². The maximum atomic E-state index is 11.4. The van der Waals surface area contributed by atoms with Crippen LogP contribution < -0.4 is 10.3 Å². The van der Waals surface area contributed by atoms with Crippen molar-refractivity contribution in [2.45, 2.75) is 24.1 Å². The van der Waals surface area contributed by atoms with Crippen LogP contribution in [-0.4, -0.2) is 33.4 Å². The average molecular weight is 258 g/mol. The number of aliphatic carboxylic acids is 1. The summed E-state index contributed by atoms with van der Waals surface area (Å²) >= 11 is 1.01. The highest BCUT2D eigenvalue weighted by Gasteiger charge is 2.25. The molecule has 0 aliphatic carbocycles. The lowest BCUT2D eigenvalue weighted by molar-refractivity contribution is -0.137. The SMILES string of the molecule is COc1c(SC(C(=O)O)C(C)C)nc[nH]c1=O. The molecule has 0 fully saturated rings. The molecule has 2 N–H and O–H groups in total. The third-order valence-corrected chi connectivity index (χ3v) is 3.58. The maximum Gasteiger partial charge on any atom is 0.317 e. The Bertz CT molecular complexity index is 458. The van der Waals surface area contributed by atoms with Crippen molar-refractivity contribution >= 4 is 17.7 Å². The van der Waals surface area contributed by atoms with Crippen molar-refractivity contribution in [1.29, 1.82) is 0 Å². The molecule has 0 aromatic carbocycles. The summed E-state index contributed by atoms with van der Waals surface area (Å²) in [6, 6.07) is 0. The lowest BCUT2D eigenvalue weighted by Gasteiger charge is -2.15. The lowest BCUT2D eigenvalue weighted by Crippen LogP contribution is -2.23. The molecule has 0 spiro atoms. The fourth-order valence-electron chi connectivity index (χ4n) is 1.23. The molecular formula is C10H14N2O4S. The van der Waals surface area contributed by atoms with E-state index in [2.05, 4.69) is 9.97 Å². The number of methoxy groups -OCH3 is 1. The number of ether oxygens (including phenoxy) is 1. The predicted molar refractivity (Wildman–Crippen MR) is 63.5 cm³/mol. The Morgan fingerprint density at radius 2 is 2.24 bits per heavy atom. The first-order valence-electron chi connectivity index (χ1n) is 4.98. The lowest BCUT2D eigenvalue weighted by atomic mass is 10.1. The van der Waals surface area contributed by atoms with E-state index in [0.29, 0.717) is 0 Å². The Balaban J connectivity index is 3.05. The number of carbonyl (C=O) groups is 1. The van der Waals surface area contributed by atoms with E-state index in [4.69, 9.17) is 9.84 Å². The summed E-state index contributed by atoms with van der Waals surface area (Å²) < 4.78 is 4.92. The van der Waals surface area contributed by atoms with Gasteiger partial charge in [-0.15, -0.1) is 0 Å². The van der Waals surface area contributed by atoms with E-state index >= 15 is 0 Å². The number of carboxylic acids is 1. The maximum absolute atomic E-state index is 11.4. The first-order chi connectivity index (χ1) is 7.97. The van der Waals surface area contributed by atoms with Crippen molar-refractivity contribution in [3.63, 3.8) is 0 Å². The Hall–Kier alpha value is -1.50. The number of aromatic nitrogens is 2. The van der Waals surface area contributed by atoms with Crippen LogP contribution in [0.2, 0.25) is 0 Å². The minimum absolute atomic E-state index is 0.0457. The molecule has 0 amide bonds. The third-order valence-electron chi connectivity index (χ3n) is 2.07. The van der Waals surface area contributed by atoms with Crippen molar-refractivity contribution in [1.82, 2.24) is 9.97 Å². The largest absolute Gasteiger partial charge is 0.489 e. The second-order valence-corrected chi connectivity index (χ2v) is 4.82. The highest BCUT2D eigenvalue weighted by Crippen LogP contribution is 2.30. The first-order valence-corrected chi connectivity index (χ1v) is 5.86. The molecule has 1 rings (SSSR count). The van der Waals surface area contributed by atoms with Crippen LogP contribution in [0.1, 0.15) is 13.8 Å². The Morgan fingerprint density at radius 1 is 1.59 bits per heavy atom. The van der Waals surface area contributed by atoms with Gasteiger partial charge in [-0.2, -0.15) is 0 Å². The minimum atomic E-state index is -0.936. The van der Waals surface area contributed by atoms with Gasteiger partial charge in [-0.25, -0.2) is 4.98 Å². The molecule has 0 aliphatic rings. The monoisotopic (exact) mass is 258 g/mol. The zero-order chi connectivity index (χ0) is 13.0. The molecule has 0 aliphatic heterocycles. The molecular weight excluding hydrogens is 244 g/mol. The number of hydrogen-bond donors (Lipinski definition) is 2. The first kappa shape index (κ1) is 13.6. The quantitative estimate of drug-likeness (QED) is 0.604. The molecule has 17 heavy (non-hydrogen) atoms. The van der Waals surface area contributed by atoms with Gasteiger partial charge >= 0.3 is 5.97 Å². The summed E-state index contributed by atoms with van der Waals surface area (Å²) in [6.45, 7) is 3.59. The minimum Gasteiger partial charge on any atom is -0.489 e. The molecule has 1 atom stereocenters. The van der Waals surface area contributed by atoms with Crippen LogP contribution in [0.4, 0.5) is 0 Å². The highest BCUT2D eigenvalue weighted by atomic mass is 32.2. The number of rotatable bonds is 5. The van der Waals surface area contributed by atoms with Gasteiger partial charge in [-0.3, -0.25) is 9.59 Å². The summed E-state index contributed by atoms with van der Waals surface area (Å²) in [5.41, 5.74) is -0.419. The van der Waals surface area contributed by atoms with Gasteiger partial charge in [0.2, 0.25) is 5.75 Å². The highest BCUT2D eigenvalue weighted by molar-refractivity contribution is 8.00. The van der Waals surface area contributed by atoms with Gasteiger partial charge in [0.15, 0.2) is 0 Å². The zero-order valence-electron chi connectivity index (χ0n) is 9.76. The molecule has 0 saturated carbocycles. The van der Waals surface area contributed by atoms with Crippen LogP contribution in [-0.2, 0) is 4.79 Å². The van der Waals surface area contributed by atoms with E-state index in [1.54, 1.807) is 13.8 Å². The zero-order valence-corrected chi connectivity index (χ0v) is 10.6. The van der Waals surface area contributed by atoms with Gasteiger partial charge in [-0.1, -0.05) is 25.6 Å². The third kappa shape index (κ3) is 3.23. The predicted octanol–water partition coefficient (Wildman–Crippen LogP) is 0.980. The van der Waals surface area contributed by atoms with Crippen LogP contribution in [0.15, 0.2) is 16.1 Å². The fourth-order valence-corrected chi connectivity index (χ4v) is 2.24. The second kappa shape index (κ2) is 5.72. The van der Waals surface area contributed by atoms with E-state index < -0.39 is 16.8 Å². The van der Waals surface area contributed by atoms with Crippen LogP contribution in [0.3, 0.4) is 0 Å². The van der Waals surface area contributed by atoms with Crippen molar-refractivity contribution < 1.29 is 14.6 Å². The number of nitrogens with zero attached hydrogens (tertiary/aromatic N) is 1. The van der Waals surface area contributed by atoms with Gasteiger partial charge in [0.1, 0.15) is 10.3 Å². The van der Waals surface area contributed by atoms with Gasteiger partial charge in [0, 0.05) is 0 Å². The van der Waals surface area contributed by atoms with Crippen molar-refractivity contribution in [3.8, 4) is 5.75 Å². The summed E-state index contributed by atoms with van der Waals surface area (Å²) in [5.74, 6) is -0.971. The molecule has 1 aromatic heterocycles. The van der Waals surface area contributed by atoms with Crippen molar-refractivity contribution in [2.24, 2.45) is 5.92 Å². The van der Waals surface area contributed by atoms with Gasteiger partial charge in [0.05, 0.1) is 13.4 Å². The van der Waals surface area contributed by atoms with Crippen LogP contribution in [0.25, 0.3) is 0 Å². The molecule has 0 saturated heterocycles. The number of H-pyrrole nitrogens is 1. The molecule has 0 bridgehead atoms. The second-order valence-electron chi connectivity index (χ2n) is 3.69. The smallest absolute Gasteiger partial charge is 0.317 e. The molecule has 7 heteroatoms. The Labute approximate surface area is 102 Å². The van der Waals surface area contributed by atoms with E-state index in [0.717, 1.165) is 11.8 Å². The number of aromatic amines is 1. The number of thioether (sulfide) groups is 1. The summed E-state index contributed by atoms with van der Waals surface area (Å²) in [4.78, 5) is 28.8. The van der Waals surface area contributed by atoms with Gasteiger partial charge in [-0.05, 0) is 5.92 Å². The molecule has 6 nitrogen and oxygen atoms in total. The van der Waals surface area contributed by atoms with Crippen LogP contribution >= 0.6 is 11.8 Å². The summed E-state index contributed by atoms with van der Waals surface area (Å²) in [7, 11) is 1.35. The molecule has 0 radical (unpaired) electrons.